The second-order valence-electron chi connectivity index (χ2n) is 4.76. The predicted molar refractivity (Wildman–Crippen MR) is 69.7 cm³/mol. The number of aryl methyl sites for hydroxylation is 1. The monoisotopic (exact) mass is 225 g/mol. The third-order valence-electron chi connectivity index (χ3n) is 2.64. The Balaban J connectivity index is 2.19. The molecule has 0 aliphatic rings. The van der Waals surface area contributed by atoms with Crippen LogP contribution in [0, 0.1) is 12.8 Å². The van der Waals surface area contributed by atoms with E-state index in [0.29, 0.717) is 6.04 Å². The smallest absolute Gasteiger partial charge is 0.00870 e. The standard InChI is InChI=1S/C13H23NS/c1-10(2)9-12(4)14-7-5-13-11(3)6-8-15-13/h6,8,10,12,14H,5,7,9H2,1-4H3. The maximum absolute atomic E-state index is 3.59. The first-order chi connectivity index (χ1) is 7.09. The Labute approximate surface area is 97.9 Å². The fraction of sp³-hybridized carbons (Fsp3) is 0.692. The molecule has 1 unspecified atom stereocenters. The van der Waals surface area contributed by atoms with Gasteiger partial charge in [-0.3, -0.25) is 0 Å². The molecule has 0 spiro atoms. The van der Waals surface area contributed by atoms with Crippen LogP contribution in [0.1, 0.15) is 37.6 Å². The fourth-order valence-corrected chi connectivity index (χ4v) is 2.79. The number of nitrogens with one attached hydrogen (secondary N) is 1. The molecule has 1 nitrogen and oxygen atoms in total. The Hall–Kier alpha value is -0.340. The largest absolute Gasteiger partial charge is 0.314 e. The lowest BCUT2D eigenvalue weighted by molar-refractivity contribution is 0.445. The summed E-state index contributed by atoms with van der Waals surface area (Å²) in [5, 5.41) is 5.77. The summed E-state index contributed by atoms with van der Waals surface area (Å²) in [6.07, 6.45) is 2.44. The molecule has 0 bridgehead atoms. The molecule has 1 N–H and O–H groups in total. The second-order valence-corrected chi connectivity index (χ2v) is 5.76. The Morgan fingerprint density at radius 2 is 2.07 bits per heavy atom. The molecule has 86 valence electrons. The molecule has 0 saturated carbocycles. The van der Waals surface area contributed by atoms with Crippen LogP contribution >= 0.6 is 11.3 Å². The average molecular weight is 225 g/mol. The van der Waals surface area contributed by atoms with E-state index in [4.69, 9.17) is 0 Å². The van der Waals surface area contributed by atoms with Gasteiger partial charge in [0.05, 0.1) is 0 Å². The topological polar surface area (TPSA) is 12.0 Å². The Bertz CT molecular complexity index is 278. The van der Waals surface area contributed by atoms with Crippen LogP contribution < -0.4 is 5.32 Å². The molecule has 1 atom stereocenters. The van der Waals surface area contributed by atoms with Gasteiger partial charge in [0, 0.05) is 17.5 Å². The quantitative estimate of drug-likeness (QED) is 0.779. The Kier molecular flexibility index (Phi) is 5.34. The van der Waals surface area contributed by atoms with Gasteiger partial charge in [-0.05, 0) is 49.6 Å². The molecule has 0 amide bonds. The average Bonchev–Trinajstić information content (AvgIpc) is 2.50. The molecule has 1 rings (SSSR count). The molecule has 0 fully saturated rings. The van der Waals surface area contributed by atoms with Gasteiger partial charge in [0.25, 0.3) is 0 Å². The van der Waals surface area contributed by atoms with Crippen molar-refractivity contribution >= 4 is 11.3 Å². The zero-order valence-electron chi connectivity index (χ0n) is 10.3. The Morgan fingerprint density at radius 3 is 2.60 bits per heavy atom. The third-order valence-corrected chi connectivity index (χ3v) is 3.72. The van der Waals surface area contributed by atoms with Crippen LogP contribution in [0.5, 0.6) is 0 Å². The summed E-state index contributed by atoms with van der Waals surface area (Å²) >= 11 is 1.88. The number of thiophene rings is 1. The van der Waals surface area contributed by atoms with Crippen LogP contribution in [0.25, 0.3) is 0 Å². The first-order valence-electron chi connectivity index (χ1n) is 5.86. The van der Waals surface area contributed by atoms with E-state index in [1.807, 2.05) is 11.3 Å². The lowest BCUT2D eigenvalue weighted by Gasteiger charge is -2.15. The van der Waals surface area contributed by atoms with Gasteiger partial charge in [0.15, 0.2) is 0 Å². The first-order valence-corrected chi connectivity index (χ1v) is 6.74. The molecule has 1 heterocycles. The van der Waals surface area contributed by atoms with E-state index < -0.39 is 0 Å². The maximum Gasteiger partial charge on any atom is 0.00870 e. The van der Waals surface area contributed by atoms with E-state index in [1.165, 1.54) is 23.3 Å². The summed E-state index contributed by atoms with van der Waals surface area (Å²) in [6, 6.07) is 2.85. The summed E-state index contributed by atoms with van der Waals surface area (Å²) < 4.78 is 0. The SMILES string of the molecule is Cc1ccsc1CCNC(C)CC(C)C. The highest BCUT2D eigenvalue weighted by Gasteiger charge is 2.04. The number of hydrogen-bond acceptors (Lipinski definition) is 2. The third kappa shape index (κ3) is 4.80. The van der Waals surface area contributed by atoms with Crippen LogP contribution in [0.3, 0.4) is 0 Å². The highest BCUT2D eigenvalue weighted by Crippen LogP contribution is 2.15. The summed E-state index contributed by atoms with van der Waals surface area (Å²) in [6.45, 7) is 10.1. The van der Waals surface area contributed by atoms with Crippen LogP contribution in [0.4, 0.5) is 0 Å². The number of rotatable bonds is 6. The summed E-state index contributed by atoms with van der Waals surface area (Å²) in [4.78, 5) is 1.53. The minimum absolute atomic E-state index is 0.644. The van der Waals surface area contributed by atoms with Crippen molar-refractivity contribution in [2.45, 2.75) is 46.6 Å². The van der Waals surface area contributed by atoms with Gasteiger partial charge in [0.2, 0.25) is 0 Å². The van der Waals surface area contributed by atoms with Crippen molar-refractivity contribution in [2.75, 3.05) is 6.54 Å². The minimum atomic E-state index is 0.644. The van der Waals surface area contributed by atoms with Gasteiger partial charge >= 0.3 is 0 Å². The van der Waals surface area contributed by atoms with Crippen molar-refractivity contribution in [3.63, 3.8) is 0 Å². The van der Waals surface area contributed by atoms with Crippen LogP contribution in [0.2, 0.25) is 0 Å². The summed E-state index contributed by atoms with van der Waals surface area (Å²) in [5.74, 6) is 0.788. The van der Waals surface area contributed by atoms with Crippen LogP contribution in [-0.4, -0.2) is 12.6 Å². The van der Waals surface area contributed by atoms with E-state index in [2.05, 4.69) is 44.5 Å². The Morgan fingerprint density at radius 1 is 1.33 bits per heavy atom. The van der Waals surface area contributed by atoms with E-state index in [1.54, 1.807) is 0 Å². The highest BCUT2D eigenvalue weighted by molar-refractivity contribution is 7.10. The van der Waals surface area contributed by atoms with Crippen molar-refractivity contribution in [2.24, 2.45) is 5.92 Å². The maximum atomic E-state index is 3.59. The molecular formula is C13H23NS. The van der Waals surface area contributed by atoms with E-state index in [-0.39, 0.29) is 0 Å². The van der Waals surface area contributed by atoms with E-state index >= 15 is 0 Å². The van der Waals surface area contributed by atoms with Crippen molar-refractivity contribution in [1.29, 1.82) is 0 Å². The first kappa shape index (κ1) is 12.7. The van der Waals surface area contributed by atoms with Crippen molar-refractivity contribution in [3.8, 4) is 0 Å². The van der Waals surface area contributed by atoms with Crippen molar-refractivity contribution < 1.29 is 0 Å². The molecule has 2 heteroatoms. The fourth-order valence-electron chi connectivity index (χ4n) is 1.88. The molecule has 0 saturated heterocycles. The molecule has 0 aliphatic heterocycles. The molecular weight excluding hydrogens is 202 g/mol. The second kappa shape index (κ2) is 6.29. The molecule has 0 aromatic carbocycles. The van der Waals surface area contributed by atoms with Crippen LogP contribution in [-0.2, 0) is 6.42 Å². The molecule has 15 heavy (non-hydrogen) atoms. The van der Waals surface area contributed by atoms with Gasteiger partial charge in [-0.25, -0.2) is 0 Å². The molecule has 1 aromatic heterocycles. The lowest BCUT2D eigenvalue weighted by Crippen LogP contribution is -2.29. The van der Waals surface area contributed by atoms with Gasteiger partial charge in [0.1, 0.15) is 0 Å². The van der Waals surface area contributed by atoms with Crippen LogP contribution in [0.15, 0.2) is 11.4 Å². The normalized spacial score (nSPS) is 13.4. The lowest BCUT2D eigenvalue weighted by atomic mass is 10.1. The predicted octanol–water partition coefficient (Wildman–Crippen LogP) is 3.62. The summed E-state index contributed by atoms with van der Waals surface area (Å²) in [5.41, 5.74) is 1.44. The van der Waals surface area contributed by atoms with Crippen molar-refractivity contribution in [3.05, 3.63) is 21.9 Å². The zero-order chi connectivity index (χ0) is 11.3. The highest BCUT2D eigenvalue weighted by atomic mass is 32.1. The summed E-state index contributed by atoms with van der Waals surface area (Å²) in [7, 11) is 0. The molecule has 0 aliphatic carbocycles. The molecule has 1 aromatic rings. The van der Waals surface area contributed by atoms with Gasteiger partial charge < -0.3 is 5.32 Å². The minimum Gasteiger partial charge on any atom is -0.314 e. The number of hydrogen-bond donors (Lipinski definition) is 1. The van der Waals surface area contributed by atoms with Gasteiger partial charge in [-0.2, -0.15) is 0 Å². The van der Waals surface area contributed by atoms with Gasteiger partial charge in [-0.1, -0.05) is 13.8 Å². The van der Waals surface area contributed by atoms with E-state index in [0.717, 1.165) is 12.5 Å². The zero-order valence-corrected chi connectivity index (χ0v) is 11.2. The van der Waals surface area contributed by atoms with E-state index in [9.17, 15) is 0 Å². The van der Waals surface area contributed by atoms with Gasteiger partial charge in [-0.15, -0.1) is 11.3 Å². The molecule has 0 radical (unpaired) electrons. The van der Waals surface area contributed by atoms with Crippen molar-refractivity contribution in [1.82, 2.24) is 5.32 Å².